The number of hydrogen-bond donors (Lipinski definition) is 2. The van der Waals surface area contributed by atoms with Crippen LogP contribution in [0, 0.1) is 5.92 Å². The first-order valence-electron chi connectivity index (χ1n) is 10.2. The molecule has 0 unspecified atom stereocenters. The molecule has 158 valence electrons. The van der Waals surface area contributed by atoms with Crippen molar-refractivity contribution in [2.24, 2.45) is 5.92 Å². The minimum atomic E-state index is -0.481. The van der Waals surface area contributed by atoms with E-state index in [4.69, 9.17) is 20.9 Å². The summed E-state index contributed by atoms with van der Waals surface area (Å²) in [5, 5.41) is 0. The molecule has 0 bridgehead atoms. The average Bonchev–Trinajstić information content (AvgIpc) is 2.72. The van der Waals surface area contributed by atoms with Crippen LogP contribution in [0.5, 0.6) is 0 Å². The number of nitrogens with two attached hydrogens (primary N) is 2. The number of ether oxygens (including phenoxy) is 2. The maximum atomic E-state index is 12.3. The van der Waals surface area contributed by atoms with E-state index in [1.165, 1.54) is 6.08 Å². The summed E-state index contributed by atoms with van der Waals surface area (Å²) in [5.41, 5.74) is 14.5. The SMILES string of the molecule is CC1CCC(OC(=O)c2ccc(/C=C/C(=O)OCc3cc(N)cc(N)c3)cc2)CC1. The normalized spacial score (nSPS) is 18.8. The zero-order chi connectivity index (χ0) is 21.5. The van der Waals surface area contributed by atoms with Gasteiger partial charge in [0, 0.05) is 17.5 Å². The Bertz CT molecular complexity index is 893. The van der Waals surface area contributed by atoms with Gasteiger partial charge in [-0.3, -0.25) is 0 Å². The number of carbonyl (C=O) groups excluding carboxylic acids is 2. The van der Waals surface area contributed by atoms with E-state index in [2.05, 4.69) is 6.92 Å². The molecule has 4 N–H and O–H groups in total. The number of carbonyl (C=O) groups is 2. The summed E-state index contributed by atoms with van der Waals surface area (Å²) in [6.07, 6.45) is 7.04. The van der Waals surface area contributed by atoms with Gasteiger partial charge in [-0.15, -0.1) is 0 Å². The van der Waals surface area contributed by atoms with Gasteiger partial charge in [-0.25, -0.2) is 9.59 Å². The summed E-state index contributed by atoms with van der Waals surface area (Å²) in [6, 6.07) is 12.0. The summed E-state index contributed by atoms with van der Waals surface area (Å²) in [4.78, 5) is 24.2. The van der Waals surface area contributed by atoms with E-state index in [1.54, 1.807) is 48.5 Å². The van der Waals surface area contributed by atoms with E-state index < -0.39 is 5.97 Å². The molecule has 30 heavy (non-hydrogen) atoms. The lowest BCUT2D eigenvalue weighted by atomic mass is 9.89. The molecule has 1 aliphatic rings. The van der Waals surface area contributed by atoms with E-state index in [-0.39, 0.29) is 18.7 Å². The van der Waals surface area contributed by atoms with Gasteiger partial charge >= 0.3 is 11.9 Å². The molecule has 0 spiro atoms. The van der Waals surface area contributed by atoms with Crippen molar-refractivity contribution in [1.29, 1.82) is 0 Å². The third kappa shape index (κ3) is 6.37. The Hall–Kier alpha value is -3.28. The second kappa shape index (κ2) is 9.96. The van der Waals surface area contributed by atoms with Crippen molar-refractivity contribution in [2.75, 3.05) is 11.5 Å². The molecule has 1 saturated carbocycles. The van der Waals surface area contributed by atoms with Gasteiger partial charge in [0.2, 0.25) is 0 Å². The van der Waals surface area contributed by atoms with E-state index in [1.807, 2.05) is 0 Å². The van der Waals surface area contributed by atoms with Crippen LogP contribution < -0.4 is 11.5 Å². The third-order valence-corrected chi connectivity index (χ3v) is 5.21. The molecule has 0 atom stereocenters. The first-order chi connectivity index (χ1) is 14.4. The van der Waals surface area contributed by atoms with Crippen LogP contribution in [-0.4, -0.2) is 18.0 Å². The Balaban J connectivity index is 1.48. The number of esters is 2. The van der Waals surface area contributed by atoms with Crippen LogP contribution in [0.1, 0.15) is 54.1 Å². The Morgan fingerprint density at radius 3 is 2.27 bits per heavy atom. The number of hydrogen-bond acceptors (Lipinski definition) is 6. The van der Waals surface area contributed by atoms with Crippen molar-refractivity contribution in [3.8, 4) is 0 Å². The highest BCUT2D eigenvalue weighted by atomic mass is 16.5. The topological polar surface area (TPSA) is 105 Å². The van der Waals surface area contributed by atoms with Crippen LogP contribution in [0.4, 0.5) is 11.4 Å². The summed E-state index contributed by atoms with van der Waals surface area (Å²) in [6.45, 7) is 2.32. The lowest BCUT2D eigenvalue weighted by Gasteiger charge is -2.25. The fourth-order valence-corrected chi connectivity index (χ4v) is 3.49. The molecule has 0 radical (unpaired) electrons. The van der Waals surface area contributed by atoms with Gasteiger partial charge in [0.25, 0.3) is 0 Å². The maximum absolute atomic E-state index is 12.3. The molecule has 2 aromatic rings. The summed E-state index contributed by atoms with van der Waals surface area (Å²) in [7, 11) is 0. The van der Waals surface area contributed by atoms with Crippen LogP contribution in [0.3, 0.4) is 0 Å². The quantitative estimate of drug-likeness (QED) is 0.418. The monoisotopic (exact) mass is 408 g/mol. The number of rotatable bonds is 6. The zero-order valence-corrected chi connectivity index (χ0v) is 17.2. The van der Waals surface area contributed by atoms with Gasteiger partial charge in [-0.05, 0) is 79.1 Å². The maximum Gasteiger partial charge on any atom is 0.338 e. The summed E-state index contributed by atoms with van der Waals surface area (Å²) < 4.78 is 10.8. The molecule has 0 heterocycles. The Labute approximate surface area is 176 Å². The molecule has 1 fully saturated rings. The first kappa shape index (κ1) is 21.4. The smallest absolute Gasteiger partial charge is 0.338 e. The van der Waals surface area contributed by atoms with E-state index in [9.17, 15) is 9.59 Å². The Morgan fingerprint density at radius 1 is 1.00 bits per heavy atom. The fourth-order valence-electron chi connectivity index (χ4n) is 3.49. The van der Waals surface area contributed by atoms with Crippen molar-refractivity contribution >= 4 is 29.4 Å². The fraction of sp³-hybridized carbons (Fsp3) is 0.333. The van der Waals surface area contributed by atoms with Gasteiger partial charge in [0.15, 0.2) is 0 Å². The van der Waals surface area contributed by atoms with E-state index in [0.717, 1.165) is 36.8 Å². The van der Waals surface area contributed by atoms with E-state index >= 15 is 0 Å². The zero-order valence-electron chi connectivity index (χ0n) is 17.2. The molecule has 0 aromatic heterocycles. The van der Waals surface area contributed by atoms with Crippen LogP contribution in [-0.2, 0) is 20.9 Å². The van der Waals surface area contributed by atoms with Gasteiger partial charge in [0.05, 0.1) is 5.56 Å². The summed E-state index contributed by atoms with van der Waals surface area (Å²) in [5.74, 6) is -0.0708. The van der Waals surface area contributed by atoms with Crippen LogP contribution >= 0.6 is 0 Å². The molecule has 0 amide bonds. The van der Waals surface area contributed by atoms with Crippen LogP contribution in [0.25, 0.3) is 6.08 Å². The molecule has 6 nitrogen and oxygen atoms in total. The predicted octanol–water partition coefficient (Wildman–Crippen LogP) is 4.34. The second-order valence-electron chi connectivity index (χ2n) is 7.86. The highest BCUT2D eigenvalue weighted by Gasteiger charge is 2.22. The number of nitrogen functional groups attached to an aromatic ring is 2. The van der Waals surface area contributed by atoms with Crippen LogP contribution in [0.15, 0.2) is 48.5 Å². The molecular formula is C24H28N2O4. The predicted molar refractivity (Wildman–Crippen MR) is 117 cm³/mol. The van der Waals surface area contributed by atoms with Gasteiger partial charge in [0.1, 0.15) is 12.7 Å². The van der Waals surface area contributed by atoms with E-state index in [0.29, 0.717) is 22.9 Å². The Kier molecular flexibility index (Phi) is 7.12. The first-order valence-corrected chi connectivity index (χ1v) is 10.2. The molecule has 0 saturated heterocycles. The molecule has 2 aromatic carbocycles. The molecule has 1 aliphatic carbocycles. The van der Waals surface area contributed by atoms with Crippen molar-refractivity contribution in [2.45, 2.75) is 45.3 Å². The molecule has 6 heteroatoms. The molecule has 0 aliphatic heterocycles. The largest absolute Gasteiger partial charge is 0.459 e. The van der Waals surface area contributed by atoms with Crippen molar-refractivity contribution < 1.29 is 19.1 Å². The van der Waals surface area contributed by atoms with Crippen LogP contribution in [0.2, 0.25) is 0 Å². The Morgan fingerprint density at radius 2 is 1.63 bits per heavy atom. The molecular weight excluding hydrogens is 380 g/mol. The summed E-state index contributed by atoms with van der Waals surface area (Å²) >= 11 is 0. The average molecular weight is 408 g/mol. The van der Waals surface area contributed by atoms with Gasteiger partial charge in [-0.2, -0.15) is 0 Å². The molecule has 3 rings (SSSR count). The number of benzene rings is 2. The number of anilines is 2. The van der Waals surface area contributed by atoms with Gasteiger partial charge in [-0.1, -0.05) is 19.1 Å². The lowest BCUT2D eigenvalue weighted by Crippen LogP contribution is -2.23. The van der Waals surface area contributed by atoms with Gasteiger partial charge < -0.3 is 20.9 Å². The highest BCUT2D eigenvalue weighted by molar-refractivity contribution is 5.90. The minimum Gasteiger partial charge on any atom is -0.459 e. The minimum absolute atomic E-state index is 0.0124. The van der Waals surface area contributed by atoms with Crippen molar-refractivity contribution in [1.82, 2.24) is 0 Å². The highest BCUT2D eigenvalue weighted by Crippen LogP contribution is 2.26. The lowest BCUT2D eigenvalue weighted by molar-refractivity contribution is -0.138. The van der Waals surface area contributed by atoms with Crippen molar-refractivity contribution in [3.63, 3.8) is 0 Å². The standard InChI is InChI=1S/C24H28N2O4/c1-16-2-9-22(10-3-16)30-24(28)19-7-4-17(5-8-19)6-11-23(27)29-15-18-12-20(25)14-21(26)13-18/h4-8,11-14,16,22H,2-3,9-10,15,25-26H2,1H3/b11-6+. The second-order valence-corrected chi connectivity index (χ2v) is 7.86. The van der Waals surface area contributed by atoms with Crippen molar-refractivity contribution in [3.05, 3.63) is 65.2 Å². The third-order valence-electron chi connectivity index (χ3n) is 5.21.